The van der Waals surface area contributed by atoms with Crippen LogP contribution in [0.15, 0.2) is 12.2 Å². The molecule has 472 valence electrons. The van der Waals surface area contributed by atoms with E-state index < -0.39 is 124 Å². The van der Waals surface area contributed by atoms with Gasteiger partial charge in [0.25, 0.3) is 0 Å². The van der Waals surface area contributed by atoms with Gasteiger partial charge in [-0.25, -0.2) is 0 Å². The van der Waals surface area contributed by atoms with Crippen molar-refractivity contribution in [2.45, 2.75) is 343 Å². The largest absolute Gasteiger partial charge is 0.394 e. The molecular weight excluding hydrogens is 1030 g/mol. The van der Waals surface area contributed by atoms with Gasteiger partial charge in [-0.1, -0.05) is 225 Å². The molecule has 3 saturated heterocycles. The number of rotatable bonds is 48. The average Bonchev–Trinajstić information content (AvgIpc) is 3.47. The Labute approximate surface area is 480 Å². The lowest BCUT2D eigenvalue weighted by Crippen LogP contribution is -2.66. The van der Waals surface area contributed by atoms with Gasteiger partial charge in [-0.2, -0.15) is 0 Å². The predicted octanol–water partition coefficient (Wildman–Crippen LogP) is 6.55. The summed E-state index contributed by atoms with van der Waals surface area (Å²) in [7, 11) is 0. The summed E-state index contributed by atoms with van der Waals surface area (Å²) < 4.78 is 34.2. The van der Waals surface area contributed by atoms with Crippen LogP contribution in [0.1, 0.15) is 239 Å². The van der Waals surface area contributed by atoms with E-state index in [2.05, 4.69) is 19.2 Å². The monoisotopic (exact) mass is 1150 g/mol. The first-order valence-corrected chi connectivity index (χ1v) is 31.9. The lowest BCUT2D eigenvalue weighted by atomic mass is 9.96. The standard InChI is InChI=1S/C61H115NO18/c1-3-5-7-9-11-13-14-15-16-17-18-19-20-21-22-23-24-25-26-27-28-29-30-31-32-34-36-38-45(66)44(62-49(67)39-37-35-33-12-10-8-6-4-2)43-75-59-55(73)52(70)57(47(41-64)77-59)80-61-56(74)53(71)58(48(42-65)78-61)79-60-54(72)51(69)50(68)46(40-63)76-60/h36,38,44-48,50-61,63-66,68-74H,3-35,37,39-43H2,1-2H3,(H,62,67)/b38-36+. The van der Waals surface area contributed by atoms with Crippen molar-refractivity contribution in [3.8, 4) is 0 Å². The van der Waals surface area contributed by atoms with Gasteiger partial charge in [0, 0.05) is 6.42 Å². The highest BCUT2D eigenvalue weighted by molar-refractivity contribution is 5.76. The minimum atomic E-state index is -1.97. The Hall–Kier alpha value is -1.47. The molecule has 3 aliphatic heterocycles. The van der Waals surface area contributed by atoms with Crippen LogP contribution in [0.3, 0.4) is 0 Å². The van der Waals surface area contributed by atoms with Crippen molar-refractivity contribution in [3.05, 3.63) is 12.2 Å². The fraction of sp³-hybridized carbons (Fsp3) is 0.951. The number of carbonyl (C=O) groups is 1. The van der Waals surface area contributed by atoms with Gasteiger partial charge < -0.3 is 89.9 Å². The van der Waals surface area contributed by atoms with Crippen LogP contribution in [0.5, 0.6) is 0 Å². The molecule has 3 aliphatic rings. The van der Waals surface area contributed by atoms with Crippen LogP contribution in [0, 0.1) is 0 Å². The molecule has 3 fully saturated rings. The zero-order chi connectivity index (χ0) is 58.3. The maximum Gasteiger partial charge on any atom is 0.220 e. The topological polar surface area (TPSA) is 307 Å². The molecule has 0 bridgehead atoms. The summed E-state index contributed by atoms with van der Waals surface area (Å²) in [5, 5.41) is 120. The second-order valence-electron chi connectivity index (χ2n) is 23.2. The lowest BCUT2D eigenvalue weighted by Gasteiger charge is -2.48. The Bertz CT molecular complexity index is 1510. The molecule has 17 atom stereocenters. The summed E-state index contributed by atoms with van der Waals surface area (Å²) in [6.45, 7) is 1.70. The van der Waals surface area contributed by atoms with Crippen LogP contribution >= 0.6 is 0 Å². The van der Waals surface area contributed by atoms with Gasteiger partial charge in [-0.15, -0.1) is 0 Å². The number of amides is 1. The number of allylic oxidation sites excluding steroid dienone is 1. The Balaban J connectivity index is 1.40. The van der Waals surface area contributed by atoms with E-state index in [9.17, 15) is 61.0 Å². The van der Waals surface area contributed by atoms with Crippen LogP contribution < -0.4 is 5.32 Å². The van der Waals surface area contributed by atoms with Crippen LogP contribution in [0.25, 0.3) is 0 Å². The van der Waals surface area contributed by atoms with E-state index in [-0.39, 0.29) is 18.9 Å². The van der Waals surface area contributed by atoms with Crippen molar-refractivity contribution in [2.75, 3.05) is 26.4 Å². The fourth-order valence-electron chi connectivity index (χ4n) is 11.1. The van der Waals surface area contributed by atoms with Crippen molar-refractivity contribution in [1.29, 1.82) is 0 Å². The maximum atomic E-state index is 13.2. The highest BCUT2D eigenvalue weighted by Crippen LogP contribution is 2.33. The lowest BCUT2D eigenvalue weighted by molar-refractivity contribution is -0.379. The van der Waals surface area contributed by atoms with Crippen molar-refractivity contribution >= 4 is 5.91 Å². The van der Waals surface area contributed by atoms with Crippen LogP contribution in [0.2, 0.25) is 0 Å². The first-order chi connectivity index (χ1) is 38.8. The minimum absolute atomic E-state index is 0.246. The first kappa shape index (κ1) is 72.8. The fourth-order valence-corrected chi connectivity index (χ4v) is 11.1. The first-order valence-electron chi connectivity index (χ1n) is 31.9. The zero-order valence-electron chi connectivity index (χ0n) is 49.3. The Morgan fingerprint density at radius 1 is 0.438 bits per heavy atom. The van der Waals surface area contributed by atoms with Gasteiger partial charge in [0.15, 0.2) is 18.9 Å². The van der Waals surface area contributed by atoms with Crippen molar-refractivity contribution in [3.63, 3.8) is 0 Å². The van der Waals surface area contributed by atoms with Crippen molar-refractivity contribution < 1.29 is 89.4 Å². The molecule has 0 aromatic rings. The van der Waals surface area contributed by atoms with Crippen LogP contribution in [0.4, 0.5) is 0 Å². The van der Waals surface area contributed by atoms with Gasteiger partial charge in [-0.05, 0) is 19.3 Å². The molecule has 0 aromatic carbocycles. The Morgan fingerprint density at radius 3 is 1.18 bits per heavy atom. The van der Waals surface area contributed by atoms with Gasteiger partial charge in [0.2, 0.25) is 5.91 Å². The van der Waals surface area contributed by atoms with E-state index in [1.54, 1.807) is 6.08 Å². The number of nitrogens with one attached hydrogen (secondary N) is 1. The number of ether oxygens (including phenoxy) is 6. The summed E-state index contributed by atoms with van der Waals surface area (Å²) in [5.41, 5.74) is 0. The van der Waals surface area contributed by atoms with Crippen molar-refractivity contribution in [1.82, 2.24) is 5.32 Å². The Kier molecular flexibility index (Phi) is 40.9. The molecule has 3 heterocycles. The molecule has 3 rings (SSSR count). The highest BCUT2D eigenvalue weighted by Gasteiger charge is 2.53. The number of unbranched alkanes of at least 4 members (excludes halogenated alkanes) is 32. The van der Waals surface area contributed by atoms with Gasteiger partial charge in [0.05, 0.1) is 38.6 Å². The summed E-state index contributed by atoms with van der Waals surface area (Å²) in [4.78, 5) is 13.2. The molecule has 17 unspecified atom stereocenters. The third kappa shape index (κ3) is 28.2. The third-order valence-electron chi connectivity index (χ3n) is 16.3. The normalized spacial score (nSPS) is 30.0. The molecule has 19 nitrogen and oxygen atoms in total. The number of hydrogen-bond acceptors (Lipinski definition) is 18. The predicted molar refractivity (Wildman–Crippen MR) is 305 cm³/mol. The smallest absolute Gasteiger partial charge is 0.220 e. The summed E-state index contributed by atoms with van der Waals surface area (Å²) in [6.07, 6.45) is 19.5. The maximum absolute atomic E-state index is 13.2. The Morgan fingerprint density at radius 2 is 0.775 bits per heavy atom. The van der Waals surface area contributed by atoms with Crippen LogP contribution in [-0.2, 0) is 33.2 Å². The van der Waals surface area contributed by atoms with Gasteiger partial charge in [-0.3, -0.25) is 4.79 Å². The third-order valence-corrected chi connectivity index (χ3v) is 16.3. The number of carbonyl (C=O) groups excluding carboxylic acids is 1. The molecule has 0 aromatic heterocycles. The summed E-state index contributed by atoms with van der Waals surface area (Å²) in [5.74, 6) is -0.278. The molecule has 0 radical (unpaired) electrons. The molecule has 0 aliphatic carbocycles. The SMILES string of the molecule is CCCCCCCCCCCCCCCCCCCCCCCCCCC/C=C/C(O)C(COC1OC(CO)C(OC2OC(CO)C(OC3OC(CO)C(O)C(O)C3O)C(O)C2O)C(O)C1O)NC(=O)CCCCCCCCCC. The number of aliphatic hydroxyl groups excluding tert-OH is 11. The van der Waals surface area contributed by atoms with Crippen molar-refractivity contribution in [2.24, 2.45) is 0 Å². The molecule has 0 spiro atoms. The molecule has 0 saturated carbocycles. The van der Waals surface area contributed by atoms with Gasteiger partial charge >= 0.3 is 0 Å². The zero-order valence-corrected chi connectivity index (χ0v) is 49.3. The van der Waals surface area contributed by atoms with Gasteiger partial charge in [0.1, 0.15) is 73.2 Å². The minimum Gasteiger partial charge on any atom is -0.394 e. The second kappa shape index (κ2) is 44.9. The van der Waals surface area contributed by atoms with Crippen LogP contribution in [-0.4, -0.2) is 193 Å². The molecular formula is C61H115NO18. The molecule has 12 N–H and O–H groups in total. The second-order valence-corrected chi connectivity index (χ2v) is 23.2. The van der Waals surface area contributed by atoms with E-state index in [0.717, 1.165) is 44.9 Å². The van der Waals surface area contributed by atoms with E-state index in [4.69, 9.17) is 28.4 Å². The number of aliphatic hydroxyl groups is 11. The molecule has 1 amide bonds. The summed E-state index contributed by atoms with van der Waals surface area (Å²) in [6, 6.07) is -0.966. The number of hydrogen-bond donors (Lipinski definition) is 12. The molecule has 80 heavy (non-hydrogen) atoms. The quantitative estimate of drug-likeness (QED) is 0.0227. The average molecular weight is 1150 g/mol. The van der Waals surface area contributed by atoms with E-state index >= 15 is 0 Å². The van der Waals surface area contributed by atoms with E-state index in [1.165, 1.54) is 167 Å². The summed E-state index contributed by atoms with van der Waals surface area (Å²) >= 11 is 0. The molecule has 19 heteroatoms. The van der Waals surface area contributed by atoms with E-state index in [1.807, 2.05) is 6.08 Å². The highest BCUT2D eigenvalue weighted by atomic mass is 16.8. The van der Waals surface area contributed by atoms with E-state index in [0.29, 0.717) is 6.42 Å².